The summed E-state index contributed by atoms with van der Waals surface area (Å²) in [4.78, 5) is 0. The molecule has 2 heteroatoms. The summed E-state index contributed by atoms with van der Waals surface area (Å²) in [6.45, 7) is 1.43. The highest BCUT2D eigenvalue weighted by Gasteiger charge is 2.11. The van der Waals surface area contributed by atoms with Gasteiger partial charge in [0, 0.05) is 12.6 Å². The molecule has 1 rings (SSSR count). The van der Waals surface area contributed by atoms with E-state index in [4.69, 9.17) is 5.11 Å². The molecule has 0 aromatic rings. The lowest BCUT2D eigenvalue weighted by Crippen LogP contribution is -2.31. The summed E-state index contributed by atoms with van der Waals surface area (Å²) >= 11 is 0. The van der Waals surface area contributed by atoms with E-state index in [2.05, 4.69) is 5.32 Å². The van der Waals surface area contributed by atoms with Crippen LogP contribution in [0.2, 0.25) is 0 Å². The predicted octanol–water partition coefficient (Wildman–Crippen LogP) is 1.68. The van der Waals surface area contributed by atoms with E-state index < -0.39 is 0 Å². The molecule has 0 unspecified atom stereocenters. The summed E-state index contributed by atoms with van der Waals surface area (Å²) in [5.41, 5.74) is 0. The quantitative estimate of drug-likeness (QED) is 0.617. The Balaban J connectivity index is 1.91. The molecule has 0 heterocycles. The SMILES string of the molecule is OCCCCNC1CCCCC1. The standard InChI is InChI=1S/C10H21NO/c12-9-5-4-8-11-10-6-2-1-3-7-10/h10-12H,1-9H2. The molecular formula is C10H21NO. The molecule has 0 saturated heterocycles. The molecule has 1 aliphatic carbocycles. The molecule has 0 atom stereocenters. The molecule has 2 nitrogen and oxygen atoms in total. The van der Waals surface area contributed by atoms with Crippen molar-refractivity contribution in [1.82, 2.24) is 5.32 Å². The molecule has 2 N–H and O–H groups in total. The molecule has 0 spiro atoms. The van der Waals surface area contributed by atoms with Gasteiger partial charge in [0.2, 0.25) is 0 Å². The largest absolute Gasteiger partial charge is 0.396 e. The number of aliphatic hydroxyl groups excluding tert-OH is 1. The Hall–Kier alpha value is -0.0800. The number of hydrogen-bond donors (Lipinski definition) is 2. The van der Waals surface area contributed by atoms with E-state index in [9.17, 15) is 0 Å². The van der Waals surface area contributed by atoms with Gasteiger partial charge in [-0.25, -0.2) is 0 Å². The molecular weight excluding hydrogens is 150 g/mol. The molecule has 0 amide bonds. The van der Waals surface area contributed by atoms with Crippen LogP contribution in [0.4, 0.5) is 0 Å². The molecule has 0 aliphatic heterocycles. The first-order chi connectivity index (χ1) is 5.93. The topological polar surface area (TPSA) is 32.3 Å². The maximum atomic E-state index is 8.58. The lowest BCUT2D eigenvalue weighted by molar-refractivity contribution is 0.280. The Kier molecular flexibility index (Phi) is 5.37. The fraction of sp³-hybridized carbons (Fsp3) is 1.00. The molecule has 0 radical (unpaired) electrons. The van der Waals surface area contributed by atoms with E-state index in [1.165, 1.54) is 32.1 Å². The maximum absolute atomic E-state index is 8.58. The van der Waals surface area contributed by atoms with Crippen molar-refractivity contribution >= 4 is 0 Å². The first-order valence-electron chi connectivity index (χ1n) is 5.27. The van der Waals surface area contributed by atoms with Crippen molar-refractivity contribution in [3.8, 4) is 0 Å². The lowest BCUT2D eigenvalue weighted by atomic mass is 9.95. The van der Waals surface area contributed by atoms with Crippen molar-refractivity contribution in [1.29, 1.82) is 0 Å². The highest BCUT2D eigenvalue weighted by atomic mass is 16.2. The van der Waals surface area contributed by atoms with Gasteiger partial charge in [-0.15, -0.1) is 0 Å². The Labute approximate surface area is 75.4 Å². The number of nitrogens with one attached hydrogen (secondary N) is 1. The van der Waals surface area contributed by atoms with Gasteiger partial charge in [0.15, 0.2) is 0 Å². The molecule has 1 fully saturated rings. The average molecular weight is 171 g/mol. The van der Waals surface area contributed by atoms with Crippen molar-refractivity contribution in [2.24, 2.45) is 0 Å². The van der Waals surface area contributed by atoms with Crippen LogP contribution in [-0.4, -0.2) is 24.3 Å². The fourth-order valence-electron chi connectivity index (χ4n) is 1.85. The molecule has 1 saturated carbocycles. The number of aliphatic hydroxyl groups is 1. The van der Waals surface area contributed by atoms with E-state index >= 15 is 0 Å². The molecule has 12 heavy (non-hydrogen) atoms. The van der Waals surface area contributed by atoms with Gasteiger partial charge in [0.1, 0.15) is 0 Å². The van der Waals surface area contributed by atoms with Crippen molar-refractivity contribution in [3.05, 3.63) is 0 Å². The van der Waals surface area contributed by atoms with E-state index in [-0.39, 0.29) is 0 Å². The van der Waals surface area contributed by atoms with Crippen LogP contribution in [0, 0.1) is 0 Å². The fourth-order valence-corrected chi connectivity index (χ4v) is 1.85. The zero-order valence-corrected chi connectivity index (χ0v) is 7.89. The van der Waals surface area contributed by atoms with Gasteiger partial charge in [0.25, 0.3) is 0 Å². The second-order valence-electron chi connectivity index (χ2n) is 3.72. The Morgan fingerprint density at radius 2 is 1.83 bits per heavy atom. The summed E-state index contributed by atoms with van der Waals surface area (Å²) in [7, 11) is 0. The van der Waals surface area contributed by atoms with Crippen LogP contribution in [0.5, 0.6) is 0 Å². The van der Waals surface area contributed by atoms with Crippen LogP contribution in [0.15, 0.2) is 0 Å². The van der Waals surface area contributed by atoms with Crippen LogP contribution in [0.25, 0.3) is 0 Å². The molecule has 72 valence electrons. The van der Waals surface area contributed by atoms with Gasteiger partial charge >= 0.3 is 0 Å². The average Bonchev–Trinajstić information content (AvgIpc) is 2.14. The minimum Gasteiger partial charge on any atom is -0.396 e. The minimum atomic E-state index is 0.340. The Morgan fingerprint density at radius 1 is 1.08 bits per heavy atom. The van der Waals surface area contributed by atoms with E-state index in [1.54, 1.807) is 0 Å². The van der Waals surface area contributed by atoms with Crippen LogP contribution in [-0.2, 0) is 0 Å². The van der Waals surface area contributed by atoms with Crippen molar-refractivity contribution in [2.75, 3.05) is 13.2 Å². The summed E-state index contributed by atoms with van der Waals surface area (Å²) in [6, 6.07) is 0.775. The highest BCUT2D eigenvalue weighted by molar-refractivity contribution is 4.71. The summed E-state index contributed by atoms with van der Waals surface area (Å²) in [5.74, 6) is 0. The smallest absolute Gasteiger partial charge is 0.0431 e. The van der Waals surface area contributed by atoms with Gasteiger partial charge in [0.05, 0.1) is 0 Å². The summed E-state index contributed by atoms with van der Waals surface area (Å²) in [5, 5.41) is 12.1. The lowest BCUT2D eigenvalue weighted by Gasteiger charge is -2.22. The van der Waals surface area contributed by atoms with Crippen molar-refractivity contribution < 1.29 is 5.11 Å². The zero-order chi connectivity index (χ0) is 8.65. The number of unbranched alkanes of at least 4 members (excludes halogenated alkanes) is 1. The van der Waals surface area contributed by atoms with Gasteiger partial charge in [-0.3, -0.25) is 0 Å². The first kappa shape index (κ1) is 10.0. The maximum Gasteiger partial charge on any atom is 0.0431 e. The van der Waals surface area contributed by atoms with Gasteiger partial charge in [-0.2, -0.15) is 0 Å². The third kappa shape index (κ3) is 4.07. The summed E-state index contributed by atoms with van der Waals surface area (Å²) < 4.78 is 0. The third-order valence-corrected chi connectivity index (χ3v) is 2.62. The van der Waals surface area contributed by atoms with Crippen molar-refractivity contribution in [3.63, 3.8) is 0 Å². The van der Waals surface area contributed by atoms with Crippen LogP contribution < -0.4 is 5.32 Å². The van der Waals surface area contributed by atoms with Crippen LogP contribution >= 0.6 is 0 Å². The van der Waals surface area contributed by atoms with Gasteiger partial charge in [-0.1, -0.05) is 19.3 Å². The first-order valence-corrected chi connectivity index (χ1v) is 5.27. The number of rotatable bonds is 5. The van der Waals surface area contributed by atoms with E-state index in [0.717, 1.165) is 25.4 Å². The van der Waals surface area contributed by atoms with E-state index in [1.807, 2.05) is 0 Å². The Bertz CT molecular complexity index is 100. The zero-order valence-electron chi connectivity index (χ0n) is 7.89. The molecule has 0 aromatic heterocycles. The summed E-state index contributed by atoms with van der Waals surface area (Å²) in [6.07, 6.45) is 9.01. The molecule has 1 aliphatic rings. The number of hydrogen-bond acceptors (Lipinski definition) is 2. The monoisotopic (exact) mass is 171 g/mol. The minimum absolute atomic E-state index is 0.340. The van der Waals surface area contributed by atoms with Gasteiger partial charge in [-0.05, 0) is 32.2 Å². The van der Waals surface area contributed by atoms with Crippen LogP contribution in [0.3, 0.4) is 0 Å². The van der Waals surface area contributed by atoms with Gasteiger partial charge < -0.3 is 10.4 Å². The second kappa shape index (κ2) is 6.44. The predicted molar refractivity (Wildman–Crippen MR) is 51.2 cm³/mol. The third-order valence-electron chi connectivity index (χ3n) is 2.62. The van der Waals surface area contributed by atoms with E-state index in [0.29, 0.717) is 6.61 Å². The second-order valence-corrected chi connectivity index (χ2v) is 3.72. The molecule has 0 bridgehead atoms. The van der Waals surface area contributed by atoms with Crippen molar-refractivity contribution in [2.45, 2.75) is 51.0 Å². The highest BCUT2D eigenvalue weighted by Crippen LogP contribution is 2.17. The van der Waals surface area contributed by atoms with Crippen LogP contribution in [0.1, 0.15) is 44.9 Å². The Morgan fingerprint density at radius 3 is 2.50 bits per heavy atom. The normalized spacial score (nSPS) is 19.8. The molecule has 0 aromatic carbocycles.